The number of likely N-dealkylation sites (N-methyl/N-ethyl adjacent to an activating group) is 1. The minimum atomic E-state index is -0.510. The van der Waals surface area contributed by atoms with Gasteiger partial charge in [0, 0.05) is 12.6 Å². The van der Waals surface area contributed by atoms with Gasteiger partial charge in [0.05, 0.1) is 6.10 Å². The Balaban J connectivity index is 1.54. The topological polar surface area (TPSA) is 32.7 Å². The number of benzene rings is 3. The third-order valence-electron chi connectivity index (χ3n) is 4.90. The minimum absolute atomic E-state index is 0.0152. The summed E-state index contributed by atoms with van der Waals surface area (Å²) < 4.78 is 5.84. The second-order valence-corrected chi connectivity index (χ2v) is 6.93. The molecule has 0 aliphatic rings. The Morgan fingerprint density at radius 1 is 0.815 bits per heavy atom. The summed E-state index contributed by atoms with van der Waals surface area (Å²) in [6.07, 6.45) is -0.510. The van der Waals surface area contributed by atoms with E-state index >= 15 is 0 Å². The number of nitrogens with zero attached hydrogens (tertiary/aromatic N) is 1. The molecule has 3 aromatic rings. The van der Waals surface area contributed by atoms with Gasteiger partial charge in [-0.1, -0.05) is 72.8 Å². The van der Waals surface area contributed by atoms with Crippen molar-refractivity contribution >= 4 is 0 Å². The van der Waals surface area contributed by atoms with Crippen LogP contribution in [-0.2, 0) is 13.2 Å². The van der Waals surface area contributed by atoms with Gasteiger partial charge in [0.25, 0.3) is 0 Å². The zero-order chi connectivity index (χ0) is 19.1. The zero-order valence-electron chi connectivity index (χ0n) is 16.0. The molecule has 2 unspecified atom stereocenters. The van der Waals surface area contributed by atoms with E-state index in [-0.39, 0.29) is 6.04 Å². The van der Waals surface area contributed by atoms with Crippen LogP contribution in [0.2, 0.25) is 0 Å². The number of hydrogen-bond donors (Lipinski definition) is 1. The molecule has 0 aliphatic heterocycles. The summed E-state index contributed by atoms with van der Waals surface area (Å²) in [5.74, 6) is 0.864. The molecule has 0 heterocycles. The van der Waals surface area contributed by atoms with Crippen LogP contribution in [0.4, 0.5) is 0 Å². The van der Waals surface area contributed by atoms with Crippen molar-refractivity contribution in [2.75, 3.05) is 7.05 Å². The molecule has 3 heteroatoms. The number of ether oxygens (including phenoxy) is 1. The third kappa shape index (κ3) is 5.43. The number of aliphatic hydroxyl groups is 1. The van der Waals surface area contributed by atoms with Crippen LogP contribution in [0.25, 0.3) is 0 Å². The summed E-state index contributed by atoms with van der Waals surface area (Å²) in [4.78, 5) is 2.16. The van der Waals surface area contributed by atoms with Crippen molar-refractivity contribution in [3.63, 3.8) is 0 Å². The molecule has 1 N–H and O–H groups in total. The van der Waals surface area contributed by atoms with Crippen molar-refractivity contribution in [1.82, 2.24) is 4.90 Å². The van der Waals surface area contributed by atoms with E-state index in [2.05, 4.69) is 36.1 Å². The molecule has 0 amide bonds. The van der Waals surface area contributed by atoms with Crippen LogP contribution in [0.1, 0.15) is 29.7 Å². The quantitative estimate of drug-likeness (QED) is 0.624. The largest absolute Gasteiger partial charge is 0.489 e. The SMILES string of the molecule is CC(C(O)c1ccccc1)N(C)Cc1ccc(OCc2ccccc2)cc1. The maximum absolute atomic E-state index is 10.6. The van der Waals surface area contributed by atoms with Crippen LogP contribution in [-0.4, -0.2) is 23.1 Å². The Morgan fingerprint density at radius 2 is 1.41 bits per heavy atom. The predicted octanol–water partition coefficient (Wildman–Crippen LogP) is 4.82. The summed E-state index contributed by atoms with van der Waals surface area (Å²) in [7, 11) is 2.04. The average Bonchev–Trinajstić information content (AvgIpc) is 2.73. The first kappa shape index (κ1) is 19.2. The molecule has 140 valence electrons. The van der Waals surface area contributed by atoms with Crippen molar-refractivity contribution in [2.45, 2.75) is 32.2 Å². The van der Waals surface area contributed by atoms with Gasteiger partial charge in [-0.3, -0.25) is 4.90 Å². The fourth-order valence-electron chi connectivity index (χ4n) is 3.03. The van der Waals surface area contributed by atoms with Crippen LogP contribution in [0.5, 0.6) is 5.75 Å². The number of hydrogen-bond acceptors (Lipinski definition) is 3. The summed E-state index contributed by atoms with van der Waals surface area (Å²) >= 11 is 0. The first-order valence-electron chi connectivity index (χ1n) is 9.32. The highest BCUT2D eigenvalue weighted by molar-refractivity contribution is 5.28. The number of aliphatic hydroxyl groups excluding tert-OH is 1. The Kier molecular flexibility index (Phi) is 6.64. The molecule has 0 saturated carbocycles. The molecule has 0 aromatic heterocycles. The molecule has 0 saturated heterocycles. The van der Waals surface area contributed by atoms with Crippen LogP contribution in [0.3, 0.4) is 0 Å². The smallest absolute Gasteiger partial charge is 0.119 e. The molecule has 0 fully saturated rings. The van der Waals surface area contributed by atoms with E-state index in [0.717, 1.165) is 23.4 Å². The molecule has 3 aromatic carbocycles. The van der Waals surface area contributed by atoms with Gasteiger partial charge in [-0.05, 0) is 42.8 Å². The lowest BCUT2D eigenvalue weighted by Gasteiger charge is -2.29. The van der Waals surface area contributed by atoms with Crippen LogP contribution < -0.4 is 4.74 Å². The van der Waals surface area contributed by atoms with Crippen LogP contribution in [0, 0.1) is 0 Å². The first-order valence-corrected chi connectivity index (χ1v) is 9.32. The summed E-state index contributed by atoms with van der Waals surface area (Å²) in [6.45, 7) is 3.39. The molecule has 0 bridgehead atoms. The van der Waals surface area contributed by atoms with Crippen LogP contribution in [0.15, 0.2) is 84.9 Å². The van der Waals surface area contributed by atoms with Gasteiger partial charge in [-0.15, -0.1) is 0 Å². The minimum Gasteiger partial charge on any atom is -0.489 e. The fraction of sp³-hybridized carbons (Fsp3) is 0.250. The second-order valence-electron chi connectivity index (χ2n) is 6.93. The normalized spacial score (nSPS) is 13.3. The Bertz CT molecular complexity index is 803. The van der Waals surface area contributed by atoms with Crippen molar-refractivity contribution in [3.05, 3.63) is 102 Å². The third-order valence-corrected chi connectivity index (χ3v) is 4.90. The molecule has 27 heavy (non-hydrogen) atoms. The molecule has 3 nitrogen and oxygen atoms in total. The highest BCUT2D eigenvalue weighted by Crippen LogP contribution is 2.22. The van der Waals surface area contributed by atoms with Crippen molar-refractivity contribution < 1.29 is 9.84 Å². The maximum Gasteiger partial charge on any atom is 0.119 e. The lowest BCUT2D eigenvalue weighted by Crippen LogP contribution is -2.33. The van der Waals surface area contributed by atoms with Gasteiger partial charge in [0.15, 0.2) is 0 Å². The molecule has 0 spiro atoms. The Hall–Kier alpha value is -2.62. The highest BCUT2D eigenvalue weighted by Gasteiger charge is 2.20. The average molecular weight is 361 g/mol. The monoisotopic (exact) mass is 361 g/mol. The van der Waals surface area contributed by atoms with E-state index in [1.54, 1.807) is 0 Å². The standard InChI is InChI=1S/C24H27NO2/c1-19(24(26)22-11-7-4-8-12-22)25(2)17-20-13-15-23(16-14-20)27-18-21-9-5-3-6-10-21/h3-16,19,24,26H,17-18H2,1-2H3. The molecule has 3 rings (SSSR count). The van der Waals surface area contributed by atoms with Gasteiger partial charge >= 0.3 is 0 Å². The maximum atomic E-state index is 10.6. The zero-order valence-corrected chi connectivity index (χ0v) is 16.0. The number of rotatable bonds is 8. The Morgan fingerprint density at radius 3 is 2.04 bits per heavy atom. The molecule has 0 aliphatic carbocycles. The van der Waals surface area contributed by atoms with Crippen molar-refractivity contribution in [1.29, 1.82) is 0 Å². The van der Waals surface area contributed by atoms with E-state index in [0.29, 0.717) is 6.61 Å². The van der Waals surface area contributed by atoms with Gasteiger partial charge in [0.2, 0.25) is 0 Å². The summed E-state index contributed by atoms with van der Waals surface area (Å²) in [5.41, 5.74) is 3.29. The molecular weight excluding hydrogens is 334 g/mol. The van der Waals surface area contributed by atoms with E-state index in [9.17, 15) is 5.11 Å². The van der Waals surface area contributed by atoms with Crippen molar-refractivity contribution in [2.24, 2.45) is 0 Å². The molecule has 0 radical (unpaired) electrons. The molecular formula is C24H27NO2. The lowest BCUT2D eigenvalue weighted by atomic mass is 10.0. The summed E-state index contributed by atoms with van der Waals surface area (Å²) in [6, 6.07) is 28.2. The van der Waals surface area contributed by atoms with Gasteiger partial charge in [0.1, 0.15) is 12.4 Å². The lowest BCUT2D eigenvalue weighted by molar-refractivity contribution is 0.0688. The van der Waals surface area contributed by atoms with Crippen molar-refractivity contribution in [3.8, 4) is 5.75 Å². The van der Waals surface area contributed by atoms with Gasteiger partial charge < -0.3 is 9.84 Å². The van der Waals surface area contributed by atoms with E-state index in [1.807, 2.05) is 67.7 Å². The van der Waals surface area contributed by atoms with E-state index < -0.39 is 6.10 Å². The summed E-state index contributed by atoms with van der Waals surface area (Å²) in [5, 5.41) is 10.6. The highest BCUT2D eigenvalue weighted by atomic mass is 16.5. The van der Waals surface area contributed by atoms with E-state index in [4.69, 9.17) is 4.74 Å². The molecule has 2 atom stereocenters. The van der Waals surface area contributed by atoms with E-state index in [1.165, 1.54) is 5.56 Å². The Labute approximate surface area is 161 Å². The van der Waals surface area contributed by atoms with Gasteiger partial charge in [-0.25, -0.2) is 0 Å². The second kappa shape index (κ2) is 9.36. The van der Waals surface area contributed by atoms with Crippen LogP contribution >= 0.6 is 0 Å². The van der Waals surface area contributed by atoms with Gasteiger partial charge in [-0.2, -0.15) is 0 Å². The fourth-order valence-corrected chi connectivity index (χ4v) is 3.03. The predicted molar refractivity (Wildman–Crippen MR) is 110 cm³/mol. The first-order chi connectivity index (χ1) is 13.1.